The Hall–Kier alpha value is -2.59. The van der Waals surface area contributed by atoms with Gasteiger partial charge in [-0.2, -0.15) is 17.5 Å². The molecule has 4 rings (SSSR count). The maximum atomic E-state index is 12.9. The molecule has 1 fully saturated rings. The zero-order valence-electron chi connectivity index (χ0n) is 18.7. The Kier molecular flexibility index (Phi) is 6.41. The van der Waals surface area contributed by atoms with Crippen LogP contribution >= 0.6 is 11.5 Å². The van der Waals surface area contributed by atoms with E-state index in [0.717, 1.165) is 49.0 Å². The first-order chi connectivity index (χ1) is 15.5. The van der Waals surface area contributed by atoms with Crippen LogP contribution in [0.5, 0.6) is 0 Å². The molecule has 176 valence electrons. The van der Waals surface area contributed by atoms with E-state index in [2.05, 4.69) is 24.2 Å². The number of aryl methyl sites for hydroxylation is 1. The number of anilines is 1. The predicted octanol–water partition coefficient (Wildman–Crippen LogP) is 5.01. The van der Waals surface area contributed by atoms with Crippen molar-refractivity contribution in [3.63, 3.8) is 0 Å². The Morgan fingerprint density at radius 3 is 2.27 bits per heavy atom. The second kappa shape index (κ2) is 8.98. The smallest absolute Gasteiger partial charge is 0.384 e. The summed E-state index contributed by atoms with van der Waals surface area (Å²) in [6.45, 7) is 6.90. The normalized spacial score (nSPS) is 15.8. The van der Waals surface area contributed by atoms with E-state index in [1.165, 1.54) is 23.7 Å². The van der Waals surface area contributed by atoms with Crippen molar-refractivity contribution in [2.75, 3.05) is 18.0 Å². The van der Waals surface area contributed by atoms with Gasteiger partial charge in [0.1, 0.15) is 17.2 Å². The lowest BCUT2D eigenvalue weighted by molar-refractivity contribution is -0.137. The highest BCUT2D eigenvalue weighted by molar-refractivity contribution is 7.09. The van der Waals surface area contributed by atoms with Crippen LogP contribution in [0.15, 0.2) is 30.3 Å². The molecule has 0 bridgehead atoms. The Balaban J connectivity index is 1.53. The molecule has 0 saturated carbocycles. The molecule has 1 aliphatic rings. The molecule has 0 radical (unpaired) electrons. The fraction of sp³-hybridized carbons (Fsp3) is 0.478. The van der Waals surface area contributed by atoms with Crippen molar-refractivity contribution < 1.29 is 18.3 Å². The molecule has 0 amide bonds. The number of hydrogen-bond acceptors (Lipinski definition) is 7. The van der Waals surface area contributed by atoms with Crippen LogP contribution < -0.4 is 4.90 Å². The summed E-state index contributed by atoms with van der Waals surface area (Å²) < 4.78 is 43.1. The van der Waals surface area contributed by atoms with Gasteiger partial charge in [0.25, 0.3) is 0 Å². The summed E-state index contributed by atoms with van der Waals surface area (Å²) in [5.74, 6) is 1.74. The minimum atomic E-state index is -4.39. The Labute approximate surface area is 194 Å². The van der Waals surface area contributed by atoms with Gasteiger partial charge in [0, 0.05) is 36.6 Å². The third-order valence-corrected chi connectivity index (χ3v) is 6.65. The topological polar surface area (TPSA) is 75.0 Å². The average Bonchev–Trinajstić information content (AvgIpc) is 3.19. The minimum absolute atomic E-state index is 0.368. The maximum absolute atomic E-state index is 12.9. The van der Waals surface area contributed by atoms with Gasteiger partial charge in [0.05, 0.1) is 17.0 Å². The van der Waals surface area contributed by atoms with Gasteiger partial charge in [-0.3, -0.25) is 0 Å². The molecule has 0 atom stereocenters. The molecule has 3 aromatic rings. The van der Waals surface area contributed by atoms with E-state index in [9.17, 15) is 18.3 Å². The number of aliphatic hydroxyl groups is 1. The van der Waals surface area contributed by atoms with Crippen LogP contribution in [0.1, 0.15) is 49.6 Å². The number of rotatable bonds is 5. The van der Waals surface area contributed by atoms with Crippen LogP contribution in [0.2, 0.25) is 0 Å². The average molecular weight is 478 g/mol. The molecule has 1 aliphatic heterocycles. The van der Waals surface area contributed by atoms with Crippen LogP contribution in [-0.2, 0) is 18.2 Å². The van der Waals surface area contributed by atoms with Gasteiger partial charge in [-0.1, -0.05) is 12.1 Å². The molecule has 3 heterocycles. The van der Waals surface area contributed by atoms with Gasteiger partial charge in [-0.15, -0.1) is 0 Å². The quantitative estimate of drug-likeness (QED) is 0.557. The Morgan fingerprint density at radius 1 is 1.06 bits per heavy atom. The molecule has 1 saturated heterocycles. The second-order valence-corrected chi connectivity index (χ2v) is 9.68. The number of alkyl halides is 3. The van der Waals surface area contributed by atoms with Gasteiger partial charge in [0.2, 0.25) is 5.13 Å². The van der Waals surface area contributed by atoms with Crippen LogP contribution in [0, 0.1) is 12.8 Å². The number of aromatic nitrogens is 4. The van der Waals surface area contributed by atoms with Crippen LogP contribution in [0.4, 0.5) is 18.3 Å². The van der Waals surface area contributed by atoms with Gasteiger partial charge in [0.15, 0.2) is 0 Å². The standard InChI is InChI=1S/C23H26F3N5OS/c1-14-27-21(33-30-14)31-10-8-15(9-11-31)12-20-28-18(13-19(29-20)22(2,3)32)16-4-6-17(7-5-16)23(24,25)26/h4-7,13,15,32H,8-12H2,1-3H3. The van der Waals surface area contributed by atoms with Crippen molar-refractivity contribution in [1.29, 1.82) is 0 Å². The van der Waals surface area contributed by atoms with E-state index in [-0.39, 0.29) is 0 Å². The lowest BCUT2D eigenvalue weighted by atomic mass is 9.93. The minimum Gasteiger partial charge on any atom is -0.384 e. The lowest BCUT2D eigenvalue weighted by Gasteiger charge is -2.31. The molecule has 10 heteroatoms. The summed E-state index contributed by atoms with van der Waals surface area (Å²) in [5, 5.41) is 11.5. The van der Waals surface area contributed by atoms with E-state index in [4.69, 9.17) is 0 Å². The van der Waals surface area contributed by atoms with Gasteiger partial charge in [-0.05, 0) is 57.7 Å². The highest BCUT2D eigenvalue weighted by atomic mass is 32.1. The molecule has 6 nitrogen and oxygen atoms in total. The van der Waals surface area contributed by atoms with Gasteiger partial charge in [-0.25, -0.2) is 15.0 Å². The van der Waals surface area contributed by atoms with E-state index < -0.39 is 17.3 Å². The maximum Gasteiger partial charge on any atom is 0.416 e. The molecule has 0 unspecified atom stereocenters. The molecule has 0 spiro atoms. The first-order valence-electron chi connectivity index (χ1n) is 10.8. The molecule has 0 aliphatic carbocycles. The van der Waals surface area contributed by atoms with Gasteiger partial charge >= 0.3 is 6.18 Å². The van der Waals surface area contributed by atoms with Crippen molar-refractivity contribution in [3.8, 4) is 11.3 Å². The third kappa shape index (κ3) is 5.67. The third-order valence-electron chi connectivity index (χ3n) is 5.78. The number of nitrogens with zero attached hydrogens (tertiary/aromatic N) is 5. The van der Waals surface area contributed by atoms with Crippen molar-refractivity contribution in [2.24, 2.45) is 5.92 Å². The van der Waals surface area contributed by atoms with Crippen molar-refractivity contribution >= 4 is 16.7 Å². The molecule has 2 aromatic heterocycles. The van der Waals surface area contributed by atoms with E-state index in [0.29, 0.717) is 35.1 Å². The fourth-order valence-corrected chi connectivity index (χ4v) is 4.61. The Morgan fingerprint density at radius 2 is 1.73 bits per heavy atom. The largest absolute Gasteiger partial charge is 0.416 e. The highest BCUT2D eigenvalue weighted by Gasteiger charge is 2.30. The highest BCUT2D eigenvalue weighted by Crippen LogP contribution is 2.32. The summed E-state index contributed by atoms with van der Waals surface area (Å²) in [5.41, 5.74) is -0.395. The first-order valence-corrected chi connectivity index (χ1v) is 11.6. The zero-order valence-corrected chi connectivity index (χ0v) is 19.5. The van der Waals surface area contributed by atoms with E-state index >= 15 is 0 Å². The molecule has 1 aromatic carbocycles. The number of benzene rings is 1. The summed E-state index contributed by atoms with van der Waals surface area (Å²) in [7, 11) is 0. The summed E-state index contributed by atoms with van der Waals surface area (Å²) in [4.78, 5) is 15.9. The van der Waals surface area contributed by atoms with Gasteiger partial charge < -0.3 is 10.0 Å². The van der Waals surface area contributed by atoms with Crippen LogP contribution in [-0.4, -0.2) is 37.5 Å². The zero-order chi connectivity index (χ0) is 23.8. The number of halogens is 3. The Bertz CT molecular complexity index is 1100. The van der Waals surface area contributed by atoms with Crippen molar-refractivity contribution in [1.82, 2.24) is 19.3 Å². The monoisotopic (exact) mass is 477 g/mol. The van der Waals surface area contributed by atoms with E-state index in [1.807, 2.05) is 6.92 Å². The predicted molar refractivity (Wildman–Crippen MR) is 121 cm³/mol. The molecular formula is C23H26F3N5OS. The van der Waals surface area contributed by atoms with Crippen molar-refractivity contribution in [3.05, 3.63) is 53.2 Å². The summed E-state index contributed by atoms with van der Waals surface area (Å²) >= 11 is 1.41. The first kappa shape index (κ1) is 23.6. The van der Waals surface area contributed by atoms with Crippen molar-refractivity contribution in [2.45, 2.75) is 51.8 Å². The van der Waals surface area contributed by atoms with Crippen LogP contribution in [0.25, 0.3) is 11.3 Å². The SMILES string of the molecule is Cc1nsc(N2CCC(Cc3nc(-c4ccc(C(F)(F)F)cc4)cc(C(C)(C)O)n3)CC2)n1. The molecule has 33 heavy (non-hydrogen) atoms. The second-order valence-electron chi connectivity index (χ2n) is 8.95. The molecular weight excluding hydrogens is 451 g/mol. The number of piperidine rings is 1. The lowest BCUT2D eigenvalue weighted by Crippen LogP contribution is -2.34. The number of hydrogen-bond donors (Lipinski definition) is 1. The molecule has 1 N–H and O–H groups in total. The summed E-state index contributed by atoms with van der Waals surface area (Å²) in [6, 6.07) is 6.56. The fourth-order valence-electron chi connectivity index (χ4n) is 3.88. The van der Waals surface area contributed by atoms with Crippen LogP contribution in [0.3, 0.4) is 0 Å². The van der Waals surface area contributed by atoms with E-state index in [1.54, 1.807) is 19.9 Å². The summed E-state index contributed by atoms with van der Waals surface area (Å²) in [6.07, 6.45) is -1.86.